The lowest BCUT2D eigenvalue weighted by atomic mass is 10.1. The Morgan fingerprint density at radius 2 is 1.79 bits per heavy atom. The van der Waals surface area contributed by atoms with Crippen LogP contribution in [0.5, 0.6) is 0 Å². The molecule has 2 aromatic rings. The highest BCUT2D eigenvalue weighted by atomic mass is 127. The second-order valence-electron chi connectivity index (χ2n) is 7.11. The Morgan fingerprint density at radius 1 is 1.07 bits per heavy atom. The number of hydrogen-bond acceptors (Lipinski definition) is 4. The molecule has 148 valence electrons. The zero-order valence-corrected chi connectivity index (χ0v) is 17.9. The molecule has 7 heteroatoms. The number of nitrogens with one attached hydrogen (secondary N) is 1. The lowest BCUT2D eigenvalue weighted by Crippen LogP contribution is -2.25. The summed E-state index contributed by atoms with van der Waals surface area (Å²) in [7, 11) is 0. The highest BCUT2D eigenvalue weighted by molar-refractivity contribution is 14.1. The van der Waals surface area contributed by atoms with Crippen LogP contribution in [0.3, 0.4) is 0 Å². The molecule has 0 radical (unpaired) electrons. The minimum absolute atomic E-state index is 0.0787. The van der Waals surface area contributed by atoms with Gasteiger partial charge in [-0.15, -0.1) is 0 Å². The molecule has 3 rings (SSSR count). The van der Waals surface area contributed by atoms with Gasteiger partial charge in [0.25, 0.3) is 11.6 Å². The fourth-order valence-electron chi connectivity index (χ4n) is 3.47. The molecule has 1 N–H and O–H groups in total. The summed E-state index contributed by atoms with van der Waals surface area (Å²) in [5.41, 5.74) is 2.53. The largest absolute Gasteiger partial charge is 0.348 e. The number of nitro groups is 1. The van der Waals surface area contributed by atoms with Gasteiger partial charge in [-0.25, -0.2) is 0 Å². The van der Waals surface area contributed by atoms with Gasteiger partial charge in [-0.1, -0.05) is 37.1 Å². The monoisotopic (exact) mass is 493 g/mol. The molecule has 28 heavy (non-hydrogen) atoms. The fourth-order valence-corrected chi connectivity index (χ4v) is 4.05. The van der Waals surface area contributed by atoms with Crippen molar-refractivity contribution in [2.45, 2.75) is 38.8 Å². The first-order valence-electron chi connectivity index (χ1n) is 9.55. The van der Waals surface area contributed by atoms with Crippen LogP contribution < -0.4 is 5.32 Å². The molecule has 0 aliphatic carbocycles. The molecule has 0 unspecified atom stereocenters. The second-order valence-corrected chi connectivity index (χ2v) is 8.28. The van der Waals surface area contributed by atoms with Crippen LogP contribution in [0.2, 0.25) is 0 Å². The molecule has 1 aliphatic heterocycles. The second kappa shape index (κ2) is 9.97. The van der Waals surface area contributed by atoms with Crippen molar-refractivity contribution in [3.05, 3.63) is 72.8 Å². The van der Waals surface area contributed by atoms with E-state index in [1.165, 1.54) is 43.4 Å². The number of nitro benzene ring substituents is 1. The Balaban J connectivity index is 1.62. The topological polar surface area (TPSA) is 75.5 Å². The summed E-state index contributed by atoms with van der Waals surface area (Å²) in [6, 6.07) is 12.6. The number of amides is 1. The summed E-state index contributed by atoms with van der Waals surface area (Å²) < 4.78 is 0.690. The molecule has 2 aromatic carbocycles. The predicted octanol–water partition coefficient (Wildman–Crippen LogP) is 4.51. The molecule has 0 saturated carbocycles. The standard InChI is InChI=1S/C21H24IN3O3/c22-20-9-8-18(25(27)28)13-19(20)21(26)23-14-16-6-5-7-17(12-16)15-24-10-3-1-2-4-11-24/h5-9,12-13H,1-4,10-11,14-15H2,(H,23,26). The quantitative estimate of drug-likeness (QED) is 0.365. The van der Waals surface area contributed by atoms with E-state index in [4.69, 9.17) is 0 Å². The Bertz CT molecular complexity index is 849. The third-order valence-electron chi connectivity index (χ3n) is 4.95. The normalized spacial score (nSPS) is 15.0. The van der Waals surface area contributed by atoms with Crippen molar-refractivity contribution < 1.29 is 9.72 Å². The molecular formula is C21H24IN3O3. The van der Waals surface area contributed by atoms with E-state index in [0.717, 1.165) is 25.2 Å². The van der Waals surface area contributed by atoms with E-state index in [1.807, 2.05) is 34.7 Å². The van der Waals surface area contributed by atoms with Crippen LogP contribution in [0.15, 0.2) is 42.5 Å². The van der Waals surface area contributed by atoms with Gasteiger partial charge in [0.1, 0.15) is 0 Å². The number of nitrogens with zero attached hydrogens (tertiary/aromatic N) is 2. The maximum Gasteiger partial charge on any atom is 0.270 e. The number of rotatable bonds is 6. The van der Waals surface area contributed by atoms with E-state index in [9.17, 15) is 14.9 Å². The molecule has 1 saturated heterocycles. The average molecular weight is 493 g/mol. The SMILES string of the molecule is O=C(NCc1cccc(CN2CCCCCC2)c1)c1cc([N+](=O)[O-])ccc1I. The highest BCUT2D eigenvalue weighted by Gasteiger charge is 2.15. The van der Waals surface area contributed by atoms with E-state index < -0.39 is 4.92 Å². The molecular weight excluding hydrogens is 469 g/mol. The van der Waals surface area contributed by atoms with Gasteiger partial charge in [-0.2, -0.15) is 0 Å². The average Bonchev–Trinajstić information content (AvgIpc) is 2.95. The van der Waals surface area contributed by atoms with Crippen molar-refractivity contribution in [3.8, 4) is 0 Å². The Kier molecular flexibility index (Phi) is 7.38. The smallest absolute Gasteiger partial charge is 0.270 e. The number of hydrogen-bond donors (Lipinski definition) is 1. The maximum absolute atomic E-state index is 12.5. The zero-order chi connectivity index (χ0) is 19.9. The number of carbonyl (C=O) groups is 1. The fraction of sp³-hybridized carbons (Fsp3) is 0.381. The van der Waals surface area contributed by atoms with E-state index in [2.05, 4.69) is 22.3 Å². The van der Waals surface area contributed by atoms with Crippen LogP contribution in [0.1, 0.15) is 47.2 Å². The highest BCUT2D eigenvalue weighted by Crippen LogP contribution is 2.20. The van der Waals surface area contributed by atoms with E-state index in [-0.39, 0.29) is 11.6 Å². The third kappa shape index (κ3) is 5.75. The van der Waals surface area contributed by atoms with Gasteiger partial charge in [0, 0.05) is 28.8 Å². The summed E-state index contributed by atoms with van der Waals surface area (Å²) in [5.74, 6) is -0.300. The summed E-state index contributed by atoms with van der Waals surface area (Å²) in [5, 5.41) is 13.8. The van der Waals surface area contributed by atoms with Crippen LogP contribution in [-0.2, 0) is 13.1 Å². The van der Waals surface area contributed by atoms with Crippen LogP contribution >= 0.6 is 22.6 Å². The number of halogens is 1. The molecule has 6 nitrogen and oxygen atoms in total. The minimum atomic E-state index is -0.487. The molecule has 1 heterocycles. The van der Waals surface area contributed by atoms with Gasteiger partial charge < -0.3 is 5.32 Å². The van der Waals surface area contributed by atoms with Crippen LogP contribution in [0.25, 0.3) is 0 Å². The Morgan fingerprint density at radius 3 is 2.50 bits per heavy atom. The summed E-state index contributed by atoms with van der Waals surface area (Å²) in [6.07, 6.45) is 5.16. The molecule has 0 atom stereocenters. The van der Waals surface area contributed by atoms with Crippen molar-refractivity contribution in [1.82, 2.24) is 10.2 Å². The summed E-state index contributed by atoms with van der Waals surface area (Å²) in [4.78, 5) is 25.5. The molecule has 0 spiro atoms. The molecule has 1 amide bonds. The van der Waals surface area contributed by atoms with E-state index in [1.54, 1.807) is 6.07 Å². The first-order valence-corrected chi connectivity index (χ1v) is 10.6. The van der Waals surface area contributed by atoms with Gasteiger partial charge in [0.05, 0.1) is 10.5 Å². The summed E-state index contributed by atoms with van der Waals surface area (Å²) in [6.45, 7) is 3.62. The summed E-state index contributed by atoms with van der Waals surface area (Å²) >= 11 is 2.02. The van der Waals surface area contributed by atoms with Gasteiger partial charge >= 0.3 is 0 Å². The zero-order valence-electron chi connectivity index (χ0n) is 15.7. The van der Waals surface area contributed by atoms with Crippen LogP contribution in [0.4, 0.5) is 5.69 Å². The van der Waals surface area contributed by atoms with Crippen molar-refractivity contribution in [3.63, 3.8) is 0 Å². The number of likely N-dealkylation sites (tertiary alicyclic amines) is 1. The Hall–Kier alpha value is -2.00. The van der Waals surface area contributed by atoms with Crippen molar-refractivity contribution in [1.29, 1.82) is 0 Å². The number of non-ortho nitro benzene ring substituents is 1. The Labute approximate surface area is 178 Å². The van der Waals surface area contributed by atoms with Gasteiger partial charge in [0.2, 0.25) is 0 Å². The lowest BCUT2D eigenvalue weighted by Gasteiger charge is -2.20. The lowest BCUT2D eigenvalue weighted by molar-refractivity contribution is -0.384. The van der Waals surface area contributed by atoms with Crippen molar-refractivity contribution in [2.75, 3.05) is 13.1 Å². The third-order valence-corrected chi connectivity index (χ3v) is 5.90. The minimum Gasteiger partial charge on any atom is -0.348 e. The van der Waals surface area contributed by atoms with E-state index in [0.29, 0.717) is 15.7 Å². The van der Waals surface area contributed by atoms with Crippen LogP contribution in [0, 0.1) is 13.7 Å². The van der Waals surface area contributed by atoms with Gasteiger partial charge in [-0.3, -0.25) is 19.8 Å². The molecule has 0 bridgehead atoms. The maximum atomic E-state index is 12.5. The first kappa shape index (κ1) is 20.7. The van der Waals surface area contributed by atoms with Crippen molar-refractivity contribution >= 4 is 34.2 Å². The number of carbonyl (C=O) groups excluding carboxylic acids is 1. The van der Waals surface area contributed by atoms with Crippen molar-refractivity contribution in [2.24, 2.45) is 0 Å². The molecule has 0 aromatic heterocycles. The first-order chi connectivity index (χ1) is 13.5. The van der Waals surface area contributed by atoms with Gasteiger partial charge in [-0.05, 0) is 65.7 Å². The van der Waals surface area contributed by atoms with Crippen LogP contribution in [-0.4, -0.2) is 28.8 Å². The number of benzene rings is 2. The predicted molar refractivity (Wildman–Crippen MR) is 117 cm³/mol. The molecule has 1 fully saturated rings. The molecule has 1 aliphatic rings. The van der Waals surface area contributed by atoms with E-state index >= 15 is 0 Å². The van der Waals surface area contributed by atoms with Gasteiger partial charge in [0.15, 0.2) is 0 Å².